The van der Waals surface area contributed by atoms with Gasteiger partial charge in [0.05, 0.1) is 5.54 Å². The van der Waals surface area contributed by atoms with Crippen LogP contribution < -0.4 is 5.73 Å². The fourth-order valence-electron chi connectivity index (χ4n) is 2.95. The second kappa shape index (κ2) is 6.73. The summed E-state index contributed by atoms with van der Waals surface area (Å²) in [5.74, 6) is 0.157. The van der Waals surface area contributed by atoms with Crippen LogP contribution in [0.5, 0.6) is 0 Å². The Morgan fingerprint density at radius 3 is 2.52 bits per heavy atom. The first-order valence-corrected chi connectivity index (χ1v) is 7.37. The van der Waals surface area contributed by atoms with Crippen LogP contribution in [0, 0.1) is 0 Å². The number of nitrogens with zero attached hydrogens (tertiary/aromatic N) is 3. The molecule has 0 unspecified atom stereocenters. The molecule has 1 aliphatic carbocycles. The molecule has 1 aliphatic heterocycles. The molecule has 3 rings (SSSR count). The number of aromatic nitrogens is 1. The zero-order valence-electron chi connectivity index (χ0n) is 12.2. The molecule has 6 heteroatoms. The third-order valence-corrected chi connectivity index (χ3v) is 4.46. The number of halogens is 1. The smallest absolute Gasteiger partial charge is 0.242 e. The SMILES string of the molecule is Cl.NC1(C(=O)N2CCN(Cc3cccnc3)CC2)CCC1. The Balaban J connectivity index is 0.00000161. The standard InChI is InChI=1S/C15H22N4O.ClH/c16-15(4-2-5-15)14(20)19-9-7-18(8-10-19)12-13-3-1-6-17-11-13;/h1,3,6,11H,2,4-5,7-10,12,16H2;1H. The number of hydrogen-bond donors (Lipinski definition) is 1. The van der Waals surface area contributed by atoms with E-state index in [-0.39, 0.29) is 18.3 Å². The van der Waals surface area contributed by atoms with E-state index in [9.17, 15) is 4.79 Å². The minimum atomic E-state index is -0.550. The molecule has 0 atom stereocenters. The lowest BCUT2D eigenvalue weighted by Crippen LogP contribution is -2.62. The van der Waals surface area contributed by atoms with Crippen LogP contribution in [0.1, 0.15) is 24.8 Å². The fourth-order valence-corrected chi connectivity index (χ4v) is 2.95. The van der Waals surface area contributed by atoms with Crippen molar-refractivity contribution in [1.82, 2.24) is 14.8 Å². The van der Waals surface area contributed by atoms with E-state index in [1.165, 1.54) is 5.56 Å². The van der Waals surface area contributed by atoms with Crippen LogP contribution in [0.25, 0.3) is 0 Å². The highest BCUT2D eigenvalue weighted by Crippen LogP contribution is 2.31. The van der Waals surface area contributed by atoms with Crippen molar-refractivity contribution in [2.24, 2.45) is 5.73 Å². The zero-order valence-corrected chi connectivity index (χ0v) is 13.0. The summed E-state index contributed by atoms with van der Waals surface area (Å²) in [4.78, 5) is 20.8. The van der Waals surface area contributed by atoms with Gasteiger partial charge >= 0.3 is 0 Å². The average molecular weight is 311 g/mol. The summed E-state index contributed by atoms with van der Waals surface area (Å²) in [6.07, 6.45) is 6.48. The van der Waals surface area contributed by atoms with E-state index in [0.29, 0.717) is 0 Å². The topological polar surface area (TPSA) is 62.5 Å². The predicted octanol–water partition coefficient (Wildman–Crippen LogP) is 1.03. The van der Waals surface area contributed by atoms with Crippen molar-refractivity contribution in [3.63, 3.8) is 0 Å². The zero-order chi connectivity index (χ0) is 14.0. The van der Waals surface area contributed by atoms with E-state index >= 15 is 0 Å². The third-order valence-electron chi connectivity index (χ3n) is 4.46. The van der Waals surface area contributed by atoms with Crippen LogP contribution in [0.15, 0.2) is 24.5 Å². The molecule has 2 aliphatic rings. The Hall–Kier alpha value is -1.17. The highest BCUT2D eigenvalue weighted by atomic mass is 35.5. The van der Waals surface area contributed by atoms with Gasteiger partial charge in [-0.15, -0.1) is 12.4 Å². The molecule has 2 N–H and O–H groups in total. The molecule has 1 saturated carbocycles. The molecule has 2 fully saturated rings. The first-order valence-electron chi connectivity index (χ1n) is 7.37. The summed E-state index contributed by atoms with van der Waals surface area (Å²) in [5, 5.41) is 0. The van der Waals surface area contributed by atoms with Crippen molar-refractivity contribution in [2.75, 3.05) is 26.2 Å². The monoisotopic (exact) mass is 310 g/mol. The molecule has 5 nitrogen and oxygen atoms in total. The Morgan fingerprint density at radius 2 is 2.00 bits per heavy atom. The molecule has 1 saturated heterocycles. The highest BCUT2D eigenvalue weighted by Gasteiger charge is 2.43. The van der Waals surface area contributed by atoms with Gasteiger partial charge < -0.3 is 10.6 Å². The molecule has 0 spiro atoms. The maximum Gasteiger partial charge on any atom is 0.242 e. The van der Waals surface area contributed by atoms with Gasteiger partial charge in [0.15, 0.2) is 0 Å². The number of carbonyl (C=O) groups is 1. The number of rotatable bonds is 3. The summed E-state index contributed by atoms with van der Waals surface area (Å²) in [7, 11) is 0. The van der Waals surface area contributed by atoms with E-state index < -0.39 is 5.54 Å². The first-order chi connectivity index (χ1) is 9.67. The quantitative estimate of drug-likeness (QED) is 0.906. The van der Waals surface area contributed by atoms with Gasteiger partial charge in [-0.05, 0) is 30.9 Å². The van der Waals surface area contributed by atoms with Gasteiger partial charge in [0, 0.05) is 45.1 Å². The van der Waals surface area contributed by atoms with Crippen molar-refractivity contribution < 1.29 is 4.79 Å². The number of piperazine rings is 1. The average Bonchev–Trinajstić information content (AvgIpc) is 2.46. The van der Waals surface area contributed by atoms with Gasteiger partial charge in [0.1, 0.15) is 0 Å². The van der Waals surface area contributed by atoms with Crippen molar-refractivity contribution in [3.05, 3.63) is 30.1 Å². The second-order valence-electron chi connectivity index (χ2n) is 5.94. The van der Waals surface area contributed by atoms with Gasteiger partial charge in [0.2, 0.25) is 5.91 Å². The molecular formula is C15H23ClN4O. The Bertz CT molecular complexity index is 470. The van der Waals surface area contributed by atoms with Gasteiger partial charge in [-0.3, -0.25) is 14.7 Å². The molecule has 116 valence electrons. The van der Waals surface area contributed by atoms with Crippen LogP contribution in [0.4, 0.5) is 0 Å². The van der Waals surface area contributed by atoms with Crippen molar-refractivity contribution in [2.45, 2.75) is 31.3 Å². The minimum absolute atomic E-state index is 0. The number of amides is 1. The van der Waals surface area contributed by atoms with Gasteiger partial charge in [0.25, 0.3) is 0 Å². The van der Waals surface area contributed by atoms with Gasteiger partial charge in [-0.1, -0.05) is 6.07 Å². The fraction of sp³-hybridized carbons (Fsp3) is 0.600. The van der Waals surface area contributed by atoms with Gasteiger partial charge in [-0.25, -0.2) is 0 Å². The summed E-state index contributed by atoms with van der Waals surface area (Å²) in [6, 6.07) is 4.05. The molecule has 1 amide bonds. The largest absolute Gasteiger partial charge is 0.339 e. The summed E-state index contributed by atoms with van der Waals surface area (Å²) in [5.41, 5.74) is 6.80. The van der Waals surface area contributed by atoms with Crippen molar-refractivity contribution in [1.29, 1.82) is 0 Å². The van der Waals surface area contributed by atoms with Crippen LogP contribution in [-0.4, -0.2) is 52.4 Å². The Kier molecular flexibility index (Phi) is 5.19. The van der Waals surface area contributed by atoms with Crippen LogP contribution >= 0.6 is 12.4 Å². The number of pyridine rings is 1. The number of nitrogens with two attached hydrogens (primary N) is 1. The predicted molar refractivity (Wildman–Crippen MR) is 84.1 cm³/mol. The normalized spacial score (nSPS) is 21.3. The summed E-state index contributed by atoms with van der Waals surface area (Å²) >= 11 is 0. The number of carbonyl (C=O) groups excluding carboxylic acids is 1. The summed E-state index contributed by atoms with van der Waals surface area (Å²) < 4.78 is 0. The highest BCUT2D eigenvalue weighted by molar-refractivity contribution is 5.87. The number of hydrogen-bond acceptors (Lipinski definition) is 4. The summed E-state index contributed by atoms with van der Waals surface area (Å²) in [6.45, 7) is 4.31. The maximum absolute atomic E-state index is 12.3. The molecule has 2 heterocycles. The molecule has 0 bridgehead atoms. The molecule has 1 aromatic heterocycles. The first kappa shape index (κ1) is 16.2. The molecule has 0 radical (unpaired) electrons. The van der Waals surface area contributed by atoms with E-state index in [2.05, 4.69) is 16.0 Å². The van der Waals surface area contributed by atoms with E-state index in [1.54, 1.807) is 6.20 Å². The lowest BCUT2D eigenvalue weighted by atomic mass is 9.76. The Morgan fingerprint density at radius 1 is 1.29 bits per heavy atom. The van der Waals surface area contributed by atoms with E-state index in [1.807, 2.05) is 17.2 Å². The van der Waals surface area contributed by atoms with Crippen LogP contribution in [0.2, 0.25) is 0 Å². The third kappa shape index (κ3) is 3.54. The lowest BCUT2D eigenvalue weighted by Gasteiger charge is -2.43. The van der Waals surface area contributed by atoms with Crippen LogP contribution in [-0.2, 0) is 11.3 Å². The Labute approximate surface area is 131 Å². The molecule has 0 aromatic carbocycles. The van der Waals surface area contributed by atoms with E-state index in [4.69, 9.17) is 5.73 Å². The van der Waals surface area contributed by atoms with Crippen molar-refractivity contribution >= 4 is 18.3 Å². The lowest BCUT2D eigenvalue weighted by molar-refractivity contribution is -0.142. The van der Waals surface area contributed by atoms with Gasteiger partial charge in [-0.2, -0.15) is 0 Å². The second-order valence-corrected chi connectivity index (χ2v) is 5.94. The van der Waals surface area contributed by atoms with Crippen molar-refractivity contribution in [3.8, 4) is 0 Å². The molecule has 1 aromatic rings. The minimum Gasteiger partial charge on any atom is -0.339 e. The van der Waals surface area contributed by atoms with E-state index in [0.717, 1.165) is 52.0 Å². The maximum atomic E-state index is 12.3. The molecular weight excluding hydrogens is 288 g/mol. The van der Waals surface area contributed by atoms with Crippen LogP contribution in [0.3, 0.4) is 0 Å². The molecule has 21 heavy (non-hydrogen) atoms.